The van der Waals surface area contributed by atoms with E-state index in [0.29, 0.717) is 27.5 Å². The molecule has 1 N–H and O–H groups in total. The number of pyridine rings is 2. The topological polar surface area (TPSA) is 95.7 Å². The van der Waals surface area contributed by atoms with Gasteiger partial charge in [-0.3, -0.25) is 24.0 Å². The Morgan fingerprint density at radius 3 is 2.83 bits per heavy atom. The molecule has 6 rings (SSSR count). The van der Waals surface area contributed by atoms with Crippen molar-refractivity contribution in [1.29, 1.82) is 0 Å². The third-order valence-electron chi connectivity index (χ3n) is 7.66. The first-order valence-corrected chi connectivity index (χ1v) is 14.6. The van der Waals surface area contributed by atoms with Crippen LogP contribution in [0, 0.1) is 5.92 Å². The fourth-order valence-electron chi connectivity index (χ4n) is 5.69. The summed E-state index contributed by atoms with van der Waals surface area (Å²) < 4.78 is 2.97. The van der Waals surface area contributed by atoms with Crippen LogP contribution in [-0.2, 0) is 0 Å². The molecule has 206 valence electrons. The van der Waals surface area contributed by atoms with E-state index in [1.54, 1.807) is 18.6 Å². The highest BCUT2D eigenvalue weighted by Gasteiger charge is 2.26. The molecule has 10 heteroatoms. The van der Waals surface area contributed by atoms with Gasteiger partial charge < -0.3 is 15.1 Å². The average molecular weight is 556 g/mol. The lowest BCUT2D eigenvalue weighted by molar-refractivity contribution is 0.0939. The minimum atomic E-state index is -0.434. The quantitative estimate of drug-likeness (QED) is 0.301. The first-order valence-electron chi connectivity index (χ1n) is 13.8. The zero-order valence-corrected chi connectivity index (χ0v) is 23.8. The Balaban J connectivity index is 1.49. The molecule has 5 heterocycles. The van der Waals surface area contributed by atoms with E-state index in [4.69, 9.17) is 4.98 Å². The second-order valence-electron chi connectivity index (χ2n) is 10.6. The van der Waals surface area contributed by atoms with Crippen LogP contribution in [0.25, 0.3) is 26.1 Å². The number of benzene rings is 1. The van der Waals surface area contributed by atoms with Crippen LogP contribution in [0.15, 0.2) is 59.8 Å². The molecule has 1 unspecified atom stereocenters. The molecule has 4 aromatic heterocycles. The predicted octanol–water partition coefficient (Wildman–Crippen LogP) is 4.51. The largest absolute Gasteiger partial charge is 0.356 e. The van der Waals surface area contributed by atoms with Crippen LogP contribution in [0.3, 0.4) is 0 Å². The number of fused-ring (bicyclic) bond motifs is 5. The molecule has 1 aliphatic heterocycles. The van der Waals surface area contributed by atoms with E-state index in [1.807, 2.05) is 47.7 Å². The van der Waals surface area contributed by atoms with Crippen molar-refractivity contribution in [3.63, 3.8) is 0 Å². The van der Waals surface area contributed by atoms with Crippen LogP contribution in [-0.4, -0.2) is 63.4 Å². The Kier molecular flexibility index (Phi) is 7.20. The summed E-state index contributed by atoms with van der Waals surface area (Å²) in [5, 5.41) is 3.39. The number of aromatic nitrogens is 4. The maximum Gasteiger partial charge on any atom is 0.258 e. The van der Waals surface area contributed by atoms with Crippen molar-refractivity contribution >= 4 is 49.1 Å². The standard InChI is InChI=1S/C30H33N7O2S/c1-4-14-36(18-20-11-15-35(3)17-20)25-10-9-21-27(38)26(29(39)33-19(2)22-16-31-12-13-32-22)30-37(28(21)34-25)23-7-5-6-8-24(23)40-30/h5-10,12-13,16,19-20H,4,11,14-15,17-18H2,1-3H3,(H,33,39)/t19?,20-/m1/s1. The van der Waals surface area contributed by atoms with Crippen molar-refractivity contribution in [1.82, 2.24) is 29.6 Å². The Morgan fingerprint density at radius 1 is 1.23 bits per heavy atom. The Morgan fingerprint density at radius 2 is 2.08 bits per heavy atom. The summed E-state index contributed by atoms with van der Waals surface area (Å²) in [5.41, 5.74) is 1.94. The van der Waals surface area contributed by atoms with Gasteiger partial charge in [-0.25, -0.2) is 4.98 Å². The van der Waals surface area contributed by atoms with Gasteiger partial charge in [-0.05, 0) is 63.5 Å². The van der Waals surface area contributed by atoms with E-state index in [2.05, 4.69) is 39.1 Å². The lowest BCUT2D eigenvalue weighted by Crippen LogP contribution is -2.33. The molecule has 40 heavy (non-hydrogen) atoms. The van der Waals surface area contributed by atoms with E-state index in [1.165, 1.54) is 17.8 Å². The predicted molar refractivity (Wildman–Crippen MR) is 160 cm³/mol. The third-order valence-corrected chi connectivity index (χ3v) is 8.81. The smallest absolute Gasteiger partial charge is 0.258 e. The minimum absolute atomic E-state index is 0.124. The van der Waals surface area contributed by atoms with Gasteiger partial charge in [0.05, 0.1) is 33.5 Å². The highest BCUT2D eigenvalue weighted by Crippen LogP contribution is 2.32. The van der Waals surface area contributed by atoms with Gasteiger partial charge in [0.15, 0.2) is 5.65 Å². The first kappa shape index (κ1) is 26.3. The number of carbonyl (C=O) groups is 1. The Hall–Kier alpha value is -3.89. The van der Waals surface area contributed by atoms with Crippen molar-refractivity contribution in [3.05, 3.63) is 76.5 Å². The molecule has 0 bridgehead atoms. The number of hydrogen-bond acceptors (Lipinski definition) is 8. The maximum absolute atomic E-state index is 13.9. The van der Waals surface area contributed by atoms with Crippen LogP contribution < -0.4 is 15.6 Å². The summed E-state index contributed by atoms with van der Waals surface area (Å²) in [6.45, 7) is 8.03. The summed E-state index contributed by atoms with van der Waals surface area (Å²) >= 11 is 1.43. The molecule has 2 atom stereocenters. The number of anilines is 1. The monoisotopic (exact) mass is 555 g/mol. The van der Waals surface area contributed by atoms with E-state index in [9.17, 15) is 9.59 Å². The maximum atomic E-state index is 13.9. The Bertz CT molecular complexity index is 1750. The molecule has 1 amide bonds. The Labute approximate surface area is 236 Å². The number of carbonyl (C=O) groups excluding carboxylic acids is 1. The van der Waals surface area contributed by atoms with Crippen LogP contribution in [0.5, 0.6) is 0 Å². The summed E-state index contributed by atoms with van der Waals surface area (Å²) in [5.74, 6) is 1.01. The van der Waals surface area contributed by atoms with Gasteiger partial charge in [0, 0.05) is 32.0 Å². The normalized spacial score (nSPS) is 16.6. The van der Waals surface area contributed by atoms with Gasteiger partial charge in [0.1, 0.15) is 16.2 Å². The highest BCUT2D eigenvalue weighted by molar-refractivity contribution is 7.24. The van der Waals surface area contributed by atoms with E-state index < -0.39 is 11.9 Å². The zero-order chi connectivity index (χ0) is 27.8. The van der Waals surface area contributed by atoms with Crippen LogP contribution in [0.4, 0.5) is 5.82 Å². The van der Waals surface area contributed by atoms with E-state index >= 15 is 0 Å². The van der Waals surface area contributed by atoms with Gasteiger partial charge in [0.25, 0.3) is 5.91 Å². The number of thiazole rings is 1. The van der Waals surface area contributed by atoms with Crippen molar-refractivity contribution in [3.8, 4) is 0 Å². The van der Waals surface area contributed by atoms with Crippen molar-refractivity contribution < 1.29 is 4.79 Å². The SMILES string of the molecule is CCCN(C[C@@H]1CCN(C)C1)c1ccc2c(=O)c(C(=O)NC(C)c3cnccn3)c3sc4ccccc4n3c2n1. The molecule has 9 nitrogen and oxygen atoms in total. The number of nitrogens with zero attached hydrogens (tertiary/aromatic N) is 6. The molecule has 0 saturated carbocycles. The number of likely N-dealkylation sites (tertiary alicyclic amines) is 1. The lowest BCUT2D eigenvalue weighted by Gasteiger charge is -2.26. The highest BCUT2D eigenvalue weighted by atomic mass is 32.1. The van der Waals surface area contributed by atoms with E-state index in [-0.39, 0.29) is 11.0 Å². The van der Waals surface area contributed by atoms with Gasteiger partial charge in [-0.2, -0.15) is 0 Å². The van der Waals surface area contributed by atoms with Crippen molar-refractivity contribution in [2.75, 3.05) is 38.1 Å². The van der Waals surface area contributed by atoms with Crippen molar-refractivity contribution in [2.24, 2.45) is 5.92 Å². The molecular formula is C30H33N7O2S. The fourth-order valence-corrected chi connectivity index (χ4v) is 6.87. The summed E-state index contributed by atoms with van der Waals surface area (Å²) in [6, 6.07) is 11.3. The molecule has 1 aliphatic rings. The van der Waals surface area contributed by atoms with Gasteiger partial charge >= 0.3 is 0 Å². The number of amides is 1. The van der Waals surface area contributed by atoms with Gasteiger partial charge in [-0.1, -0.05) is 19.1 Å². The molecule has 1 saturated heterocycles. The lowest BCUT2D eigenvalue weighted by atomic mass is 10.1. The molecule has 1 fully saturated rings. The fraction of sp³-hybridized carbons (Fsp3) is 0.367. The number of hydrogen-bond donors (Lipinski definition) is 1. The van der Waals surface area contributed by atoms with Gasteiger partial charge in [0.2, 0.25) is 5.43 Å². The third kappa shape index (κ3) is 4.82. The van der Waals surface area contributed by atoms with Crippen LogP contribution in [0.1, 0.15) is 48.8 Å². The zero-order valence-electron chi connectivity index (χ0n) is 23.0. The van der Waals surface area contributed by atoms with E-state index in [0.717, 1.165) is 48.6 Å². The molecule has 0 radical (unpaired) electrons. The van der Waals surface area contributed by atoms with Crippen LogP contribution in [0.2, 0.25) is 0 Å². The second kappa shape index (κ2) is 10.9. The number of rotatable bonds is 8. The molecule has 0 spiro atoms. The summed E-state index contributed by atoms with van der Waals surface area (Å²) in [7, 11) is 2.17. The molecule has 0 aliphatic carbocycles. The molecule has 5 aromatic rings. The number of nitrogens with one attached hydrogen (secondary N) is 1. The second-order valence-corrected chi connectivity index (χ2v) is 11.7. The average Bonchev–Trinajstić information content (AvgIpc) is 3.56. The molecule has 1 aromatic carbocycles. The first-order chi connectivity index (χ1) is 19.4. The summed E-state index contributed by atoms with van der Waals surface area (Å²) in [4.78, 5) is 46.4. The minimum Gasteiger partial charge on any atom is -0.356 e. The van der Waals surface area contributed by atoms with Crippen molar-refractivity contribution in [2.45, 2.75) is 32.7 Å². The number of para-hydroxylation sites is 1. The summed E-state index contributed by atoms with van der Waals surface area (Å²) in [6.07, 6.45) is 6.97. The van der Waals surface area contributed by atoms with Gasteiger partial charge in [-0.15, -0.1) is 11.3 Å². The van der Waals surface area contributed by atoms with Crippen LogP contribution >= 0.6 is 11.3 Å². The molecular weight excluding hydrogens is 522 g/mol.